The molecule has 0 heterocycles. The van der Waals surface area contributed by atoms with E-state index in [1.54, 1.807) is 0 Å². The molecule has 0 saturated heterocycles. The zero-order chi connectivity index (χ0) is 4.28. The van der Waals surface area contributed by atoms with Gasteiger partial charge in [-0.1, -0.05) is 0 Å². The van der Waals surface area contributed by atoms with Crippen molar-refractivity contribution in [3.63, 3.8) is 0 Å². The van der Waals surface area contributed by atoms with Crippen LogP contribution in [-0.4, -0.2) is 11.5 Å². The van der Waals surface area contributed by atoms with Crippen LogP contribution in [0.25, 0.3) is 0 Å². The Hall–Kier alpha value is -0.600. The second kappa shape index (κ2) is 1.69. The molecule has 28 valence electrons. The lowest BCUT2D eigenvalue weighted by Crippen LogP contribution is -1.92. The molecule has 0 aliphatic heterocycles. The van der Waals surface area contributed by atoms with E-state index >= 15 is 0 Å². The van der Waals surface area contributed by atoms with E-state index in [-0.39, 0.29) is 0 Å². The summed E-state index contributed by atoms with van der Waals surface area (Å²) >= 11 is 0. The zero-order valence-electron chi connectivity index (χ0n) is 2.55. The third kappa shape index (κ3) is 3.40. The molecule has 0 atom stereocenters. The molecule has 0 aromatic heterocycles. The van der Waals surface area contributed by atoms with Crippen molar-refractivity contribution in [1.82, 2.24) is 0 Å². The standard InChI is InChI=1S/C2H3NO2/c1-2-3(4)5/h1H,2H2. The molecule has 3 heteroatoms. The molecule has 5 heavy (non-hydrogen) atoms. The van der Waals surface area contributed by atoms with Crippen molar-refractivity contribution in [3.05, 3.63) is 17.0 Å². The Morgan fingerprint density at radius 2 is 2.20 bits per heavy atom. The van der Waals surface area contributed by atoms with Crippen LogP contribution in [-0.2, 0) is 0 Å². The van der Waals surface area contributed by atoms with Crippen LogP contribution in [0, 0.1) is 17.0 Å². The summed E-state index contributed by atoms with van der Waals surface area (Å²) in [4.78, 5) is 8.45. The van der Waals surface area contributed by atoms with Crippen molar-refractivity contribution < 1.29 is 4.92 Å². The predicted octanol–water partition coefficient (Wildman–Crippen LogP) is -0.0258. The fourth-order valence-electron chi connectivity index (χ4n) is 0. The lowest BCUT2D eigenvalue weighted by molar-refractivity contribution is -0.469. The molecule has 0 amide bonds. The van der Waals surface area contributed by atoms with Gasteiger partial charge in [-0.2, -0.15) is 0 Å². The Balaban J connectivity index is 2.85. The van der Waals surface area contributed by atoms with Crippen molar-refractivity contribution in [2.75, 3.05) is 6.54 Å². The number of nitro groups is 1. The Kier molecular flexibility index (Phi) is 1.49. The summed E-state index contributed by atoms with van der Waals surface area (Å²) in [5.41, 5.74) is 0. The summed E-state index contributed by atoms with van der Waals surface area (Å²) in [6.07, 6.45) is 0. The summed E-state index contributed by atoms with van der Waals surface area (Å²) in [5, 5.41) is 9.05. The molecule has 2 radical (unpaired) electrons. The average molecular weight is 73.1 g/mol. The van der Waals surface area contributed by atoms with Crippen LogP contribution in [0.3, 0.4) is 0 Å². The highest BCUT2D eigenvalue weighted by Crippen LogP contribution is 1.56. The maximum atomic E-state index is 9.05. The molecule has 0 spiro atoms. The van der Waals surface area contributed by atoms with Crippen LogP contribution in [0.5, 0.6) is 0 Å². The first-order chi connectivity index (χ1) is 2.27. The van der Waals surface area contributed by atoms with Gasteiger partial charge in [0, 0.05) is 11.8 Å². The van der Waals surface area contributed by atoms with E-state index in [2.05, 4.69) is 6.92 Å². The largest absolute Gasteiger partial charge is 0.265 e. The van der Waals surface area contributed by atoms with Crippen molar-refractivity contribution in [3.8, 4) is 0 Å². The molecule has 0 aromatic carbocycles. The summed E-state index contributed by atoms with van der Waals surface area (Å²) in [5.74, 6) is 0. The number of nitrogens with zero attached hydrogens (tertiary/aromatic N) is 1. The number of rotatable bonds is 1. The van der Waals surface area contributed by atoms with Gasteiger partial charge in [-0.15, -0.1) is 0 Å². The third-order valence-corrected chi connectivity index (χ3v) is 0.149. The SMILES string of the molecule is [CH]C[N+](=O)[O-]. The van der Waals surface area contributed by atoms with Crippen LogP contribution in [0.1, 0.15) is 0 Å². The summed E-state index contributed by atoms with van der Waals surface area (Å²) in [6, 6.07) is 0. The smallest absolute Gasteiger partial charge is 0.207 e. The number of hydrogen-bond acceptors (Lipinski definition) is 2. The van der Waals surface area contributed by atoms with Crippen LogP contribution in [0.15, 0.2) is 0 Å². The fourth-order valence-corrected chi connectivity index (χ4v) is 0. The minimum atomic E-state index is -0.597. The normalized spacial score (nSPS) is 7.40. The maximum absolute atomic E-state index is 9.05. The average Bonchev–Trinajstić information content (AvgIpc) is 1.38. The van der Waals surface area contributed by atoms with Gasteiger partial charge in [-0.25, -0.2) is 0 Å². The summed E-state index contributed by atoms with van der Waals surface area (Å²) in [6.45, 7) is 4.00. The van der Waals surface area contributed by atoms with Gasteiger partial charge >= 0.3 is 0 Å². The minimum absolute atomic E-state index is 0.472. The molecule has 0 aliphatic rings. The van der Waals surface area contributed by atoms with Crippen molar-refractivity contribution in [1.29, 1.82) is 0 Å². The number of hydrogen-bond donors (Lipinski definition) is 0. The first-order valence-electron chi connectivity index (χ1n) is 1.09. The quantitative estimate of drug-likeness (QED) is 0.323. The second-order valence-electron chi connectivity index (χ2n) is 0.515. The van der Waals surface area contributed by atoms with E-state index in [1.165, 1.54) is 0 Å². The van der Waals surface area contributed by atoms with Gasteiger partial charge in [0.1, 0.15) is 0 Å². The van der Waals surface area contributed by atoms with Gasteiger partial charge in [0.05, 0.1) is 0 Å². The van der Waals surface area contributed by atoms with E-state index in [0.29, 0.717) is 0 Å². The van der Waals surface area contributed by atoms with Crippen LogP contribution >= 0.6 is 0 Å². The van der Waals surface area contributed by atoms with Crippen LogP contribution in [0.4, 0.5) is 0 Å². The molecule has 0 saturated carbocycles. The topological polar surface area (TPSA) is 43.1 Å². The highest BCUT2D eigenvalue weighted by atomic mass is 16.6. The monoisotopic (exact) mass is 73.0 g/mol. The van der Waals surface area contributed by atoms with Gasteiger partial charge in [0.15, 0.2) is 0 Å². The molecule has 0 fully saturated rings. The Morgan fingerprint density at radius 3 is 2.20 bits per heavy atom. The van der Waals surface area contributed by atoms with Gasteiger partial charge in [0.2, 0.25) is 6.54 Å². The van der Waals surface area contributed by atoms with E-state index < -0.39 is 11.5 Å². The molecule has 0 unspecified atom stereocenters. The summed E-state index contributed by atoms with van der Waals surface area (Å²) < 4.78 is 0. The van der Waals surface area contributed by atoms with Crippen LogP contribution in [0.2, 0.25) is 0 Å². The van der Waals surface area contributed by atoms with Crippen LogP contribution < -0.4 is 0 Å². The van der Waals surface area contributed by atoms with E-state index in [9.17, 15) is 0 Å². The van der Waals surface area contributed by atoms with Gasteiger partial charge in [0.25, 0.3) is 0 Å². The predicted molar refractivity (Wildman–Crippen MR) is 16.2 cm³/mol. The highest BCUT2D eigenvalue weighted by molar-refractivity contribution is 4.23. The van der Waals surface area contributed by atoms with Gasteiger partial charge in [-0.05, 0) is 0 Å². The minimum Gasteiger partial charge on any atom is -0.265 e. The van der Waals surface area contributed by atoms with E-state index in [1.807, 2.05) is 0 Å². The first-order valence-corrected chi connectivity index (χ1v) is 1.09. The fraction of sp³-hybridized carbons (Fsp3) is 0.500. The van der Waals surface area contributed by atoms with E-state index in [0.717, 1.165) is 0 Å². The zero-order valence-corrected chi connectivity index (χ0v) is 2.55. The lowest BCUT2D eigenvalue weighted by Gasteiger charge is -1.73. The van der Waals surface area contributed by atoms with Gasteiger partial charge in [-0.3, -0.25) is 10.1 Å². The molecular formula is C2H3NO2. The molecule has 3 nitrogen and oxygen atoms in total. The van der Waals surface area contributed by atoms with Crippen molar-refractivity contribution in [2.24, 2.45) is 0 Å². The molecule has 0 bridgehead atoms. The van der Waals surface area contributed by atoms with Crippen molar-refractivity contribution in [2.45, 2.75) is 0 Å². The summed E-state index contributed by atoms with van der Waals surface area (Å²) in [7, 11) is 0. The third-order valence-electron chi connectivity index (χ3n) is 0.149. The Labute approximate surface area is 29.8 Å². The molecule has 0 aliphatic carbocycles. The molecule has 0 rings (SSSR count). The second-order valence-corrected chi connectivity index (χ2v) is 0.515. The Morgan fingerprint density at radius 1 is 2.00 bits per heavy atom. The highest BCUT2D eigenvalue weighted by Gasteiger charge is 1.77. The molecule has 0 aromatic rings. The van der Waals surface area contributed by atoms with Gasteiger partial charge < -0.3 is 0 Å². The first kappa shape index (κ1) is 4.40. The lowest BCUT2D eigenvalue weighted by atomic mass is 10.8. The molecule has 0 N–H and O–H groups in total. The Bertz CT molecular complexity index is 42.9. The van der Waals surface area contributed by atoms with Crippen molar-refractivity contribution >= 4 is 0 Å². The van der Waals surface area contributed by atoms with E-state index in [4.69, 9.17) is 10.1 Å². The molecular weight excluding hydrogens is 70.0 g/mol. The maximum Gasteiger partial charge on any atom is 0.207 e.